The third-order valence-electron chi connectivity index (χ3n) is 2.18. The molecule has 2 rings (SSSR count). The van der Waals surface area contributed by atoms with Crippen LogP contribution in [-0.2, 0) is 6.42 Å². The third-order valence-corrected chi connectivity index (χ3v) is 3.28. The van der Waals surface area contributed by atoms with Gasteiger partial charge in [0.05, 0.1) is 0 Å². The molecule has 0 unspecified atom stereocenters. The number of nitrogens with one attached hydrogen (secondary N) is 2. The number of H-pyrrole nitrogens is 2. The number of aromatic nitrogens is 4. The standard InChI is InChI=1S/C10H11N5O2S2/c1-2-3-6-14-15-10(19-6)11-4-5-7(16)12-9(18)13-8(5)17/h4H,2-3H2,1H3,(H3,12,13,16,17,18)/b11-4+. The summed E-state index contributed by atoms with van der Waals surface area (Å²) in [6, 6.07) is 0. The number of aromatic hydroxyl groups is 1. The summed E-state index contributed by atoms with van der Waals surface area (Å²) >= 11 is 6.07. The molecule has 0 radical (unpaired) electrons. The smallest absolute Gasteiger partial charge is 0.264 e. The van der Waals surface area contributed by atoms with Crippen molar-refractivity contribution < 1.29 is 5.11 Å². The molecule has 0 fully saturated rings. The van der Waals surface area contributed by atoms with Gasteiger partial charge < -0.3 is 10.1 Å². The lowest BCUT2D eigenvalue weighted by Crippen LogP contribution is -2.13. The summed E-state index contributed by atoms with van der Waals surface area (Å²) in [6.07, 6.45) is 3.06. The van der Waals surface area contributed by atoms with Gasteiger partial charge in [0, 0.05) is 12.6 Å². The first kappa shape index (κ1) is 13.6. The lowest BCUT2D eigenvalue weighted by Gasteiger charge is -1.95. The Balaban J connectivity index is 2.27. The molecule has 0 aromatic carbocycles. The molecule has 0 amide bonds. The van der Waals surface area contributed by atoms with E-state index in [4.69, 9.17) is 12.2 Å². The zero-order chi connectivity index (χ0) is 13.8. The van der Waals surface area contributed by atoms with E-state index >= 15 is 0 Å². The van der Waals surface area contributed by atoms with Crippen LogP contribution in [-0.4, -0.2) is 31.5 Å². The van der Waals surface area contributed by atoms with E-state index in [9.17, 15) is 9.90 Å². The molecular weight excluding hydrogens is 286 g/mol. The summed E-state index contributed by atoms with van der Waals surface area (Å²) in [7, 11) is 0. The Hall–Kier alpha value is -1.87. The Morgan fingerprint density at radius 2 is 2.26 bits per heavy atom. The van der Waals surface area contributed by atoms with Crippen LogP contribution in [0.4, 0.5) is 5.13 Å². The molecule has 0 bridgehead atoms. The van der Waals surface area contributed by atoms with Crippen molar-refractivity contribution in [1.29, 1.82) is 0 Å². The third kappa shape index (κ3) is 3.32. The average Bonchev–Trinajstić information content (AvgIpc) is 2.76. The maximum absolute atomic E-state index is 11.6. The fourth-order valence-electron chi connectivity index (χ4n) is 1.34. The molecule has 2 heterocycles. The van der Waals surface area contributed by atoms with E-state index in [1.165, 1.54) is 17.6 Å². The Bertz CT molecular complexity index is 715. The number of aryl methyl sites for hydroxylation is 1. The summed E-state index contributed by atoms with van der Waals surface area (Å²) in [5, 5.41) is 18.7. The SMILES string of the molecule is CCCc1nnc(/N=C/c2c(O)[nH]c(=S)[nH]c2=O)s1. The highest BCUT2D eigenvalue weighted by Crippen LogP contribution is 2.19. The molecule has 0 spiro atoms. The van der Waals surface area contributed by atoms with E-state index in [1.54, 1.807) is 0 Å². The molecule has 0 saturated carbocycles. The van der Waals surface area contributed by atoms with Crippen LogP contribution in [0.15, 0.2) is 9.79 Å². The second-order valence-electron chi connectivity index (χ2n) is 3.66. The molecule has 2 aromatic rings. The molecule has 3 N–H and O–H groups in total. The zero-order valence-corrected chi connectivity index (χ0v) is 11.6. The monoisotopic (exact) mass is 297 g/mol. The van der Waals surface area contributed by atoms with Gasteiger partial charge in [0.2, 0.25) is 11.0 Å². The van der Waals surface area contributed by atoms with Gasteiger partial charge in [-0.15, -0.1) is 10.2 Å². The lowest BCUT2D eigenvalue weighted by atomic mass is 10.3. The summed E-state index contributed by atoms with van der Waals surface area (Å²) in [4.78, 5) is 20.4. The summed E-state index contributed by atoms with van der Waals surface area (Å²) in [5.41, 5.74) is -0.510. The fraction of sp³-hybridized carbons (Fsp3) is 0.300. The maximum Gasteiger partial charge on any atom is 0.264 e. The second kappa shape index (κ2) is 5.85. The van der Waals surface area contributed by atoms with E-state index in [-0.39, 0.29) is 16.2 Å². The van der Waals surface area contributed by atoms with E-state index in [0.29, 0.717) is 5.13 Å². The van der Waals surface area contributed by atoms with Gasteiger partial charge in [-0.25, -0.2) is 4.99 Å². The summed E-state index contributed by atoms with van der Waals surface area (Å²) in [5.74, 6) is -0.323. The number of aliphatic imine (C=N–C) groups is 1. The normalized spacial score (nSPS) is 11.2. The van der Waals surface area contributed by atoms with Gasteiger partial charge >= 0.3 is 0 Å². The van der Waals surface area contributed by atoms with Crippen LogP contribution in [0, 0.1) is 4.77 Å². The first-order chi connectivity index (χ1) is 9.10. The lowest BCUT2D eigenvalue weighted by molar-refractivity contribution is 0.449. The van der Waals surface area contributed by atoms with Crippen molar-refractivity contribution >= 4 is 34.9 Å². The Morgan fingerprint density at radius 3 is 2.95 bits per heavy atom. The van der Waals surface area contributed by atoms with Gasteiger partial charge in [-0.05, 0) is 18.6 Å². The minimum Gasteiger partial charge on any atom is -0.494 e. The number of hydrogen-bond donors (Lipinski definition) is 3. The van der Waals surface area contributed by atoms with Crippen molar-refractivity contribution in [2.75, 3.05) is 0 Å². The van der Waals surface area contributed by atoms with Crippen LogP contribution in [0.2, 0.25) is 0 Å². The highest BCUT2D eigenvalue weighted by Gasteiger charge is 2.06. The molecule has 0 saturated heterocycles. The first-order valence-corrected chi connectivity index (χ1v) is 6.74. The Kier molecular flexibility index (Phi) is 4.17. The minimum atomic E-state index is -0.511. The summed E-state index contributed by atoms with van der Waals surface area (Å²) < 4.78 is 0.0563. The highest BCUT2D eigenvalue weighted by molar-refractivity contribution is 7.71. The second-order valence-corrected chi connectivity index (χ2v) is 5.11. The Labute approximate surface area is 117 Å². The maximum atomic E-state index is 11.6. The molecule has 2 aromatic heterocycles. The largest absolute Gasteiger partial charge is 0.494 e. The predicted octanol–water partition coefficient (Wildman–Crippen LogP) is 1.69. The van der Waals surface area contributed by atoms with Gasteiger partial charge in [-0.2, -0.15) is 0 Å². The first-order valence-electron chi connectivity index (χ1n) is 5.52. The molecule has 100 valence electrons. The van der Waals surface area contributed by atoms with Crippen LogP contribution in [0.25, 0.3) is 0 Å². The average molecular weight is 297 g/mol. The summed E-state index contributed by atoms with van der Waals surface area (Å²) in [6.45, 7) is 2.05. The van der Waals surface area contributed by atoms with E-state index in [1.807, 2.05) is 6.92 Å². The topological polar surface area (TPSA) is 107 Å². The zero-order valence-electron chi connectivity index (χ0n) is 10.0. The molecule has 0 aliphatic carbocycles. The van der Waals surface area contributed by atoms with Gasteiger partial charge in [-0.3, -0.25) is 9.78 Å². The van der Waals surface area contributed by atoms with Crippen LogP contribution in [0.5, 0.6) is 5.88 Å². The van der Waals surface area contributed by atoms with E-state index in [2.05, 4.69) is 25.2 Å². The van der Waals surface area contributed by atoms with Crippen molar-refractivity contribution in [1.82, 2.24) is 20.2 Å². The predicted molar refractivity (Wildman–Crippen MR) is 75.1 cm³/mol. The van der Waals surface area contributed by atoms with Gasteiger partial charge in [0.1, 0.15) is 10.6 Å². The van der Waals surface area contributed by atoms with Crippen molar-refractivity contribution in [3.8, 4) is 5.88 Å². The van der Waals surface area contributed by atoms with Crippen LogP contribution >= 0.6 is 23.6 Å². The van der Waals surface area contributed by atoms with Crippen LogP contribution < -0.4 is 5.56 Å². The quantitative estimate of drug-likeness (QED) is 0.588. The number of hydrogen-bond acceptors (Lipinski definition) is 7. The van der Waals surface area contributed by atoms with Crippen molar-refractivity contribution in [2.24, 2.45) is 4.99 Å². The molecule has 9 heteroatoms. The van der Waals surface area contributed by atoms with Gasteiger partial charge in [0.25, 0.3) is 5.56 Å². The van der Waals surface area contributed by atoms with Gasteiger partial charge in [0.15, 0.2) is 4.77 Å². The van der Waals surface area contributed by atoms with Crippen molar-refractivity contribution in [3.05, 3.63) is 25.7 Å². The molecule has 0 aliphatic rings. The molecule has 0 atom stereocenters. The molecular formula is C10H11N5O2S2. The molecule has 0 aliphatic heterocycles. The van der Waals surface area contributed by atoms with Crippen LogP contribution in [0.3, 0.4) is 0 Å². The van der Waals surface area contributed by atoms with Crippen molar-refractivity contribution in [2.45, 2.75) is 19.8 Å². The number of rotatable bonds is 4. The minimum absolute atomic E-state index is 0.000779. The van der Waals surface area contributed by atoms with E-state index in [0.717, 1.165) is 17.8 Å². The number of aromatic amines is 2. The molecule has 7 nitrogen and oxygen atoms in total. The van der Waals surface area contributed by atoms with Gasteiger partial charge in [-0.1, -0.05) is 18.3 Å². The van der Waals surface area contributed by atoms with Crippen LogP contribution in [0.1, 0.15) is 23.9 Å². The van der Waals surface area contributed by atoms with E-state index < -0.39 is 5.56 Å². The highest BCUT2D eigenvalue weighted by atomic mass is 32.1. The Morgan fingerprint density at radius 1 is 1.47 bits per heavy atom. The number of nitrogens with zero attached hydrogens (tertiary/aromatic N) is 3. The molecule has 19 heavy (non-hydrogen) atoms. The van der Waals surface area contributed by atoms with Crippen molar-refractivity contribution in [3.63, 3.8) is 0 Å². The fourth-order valence-corrected chi connectivity index (χ4v) is 2.31.